The van der Waals surface area contributed by atoms with Crippen LogP contribution in [0.4, 0.5) is 5.82 Å². The molecule has 32 heavy (non-hydrogen) atoms. The maximum Gasteiger partial charge on any atom is 0.145 e. The summed E-state index contributed by atoms with van der Waals surface area (Å²) in [7, 11) is 4.21. The van der Waals surface area contributed by atoms with Crippen LogP contribution in [0.25, 0.3) is 10.9 Å². The lowest BCUT2D eigenvalue weighted by Gasteiger charge is -2.34. The summed E-state index contributed by atoms with van der Waals surface area (Å²) in [6.45, 7) is 7.80. The summed E-state index contributed by atoms with van der Waals surface area (Å²) < 4.78 is 0. The molecule has 0 atom stereocenters. The minimum absolute atomic E-state index is 0.780. The zero-order valence-corrected chi connectivity index (χ0v) is 19.9. The van der Waals surface area contributed by atoms with E-state index < -0.39 is 0 Å². The number of piperazine rings is 1. The van der Waals surface area contributed by atoms with Crippen molar-refractivity contribution in [1.82, 2.24) is 24.7 Å². The van der Waals surface area contributed by atoms with Crippen LogP contribution in [0.5, 0.6) is 0 Å². The minimum atomic E-state index is 0.780. The van der Waals surface area contributed by atoms with Gasteiger partial charge in [-0.1, -0.05) is 35.9 Å². The molecular formula is C25H33ClN6. The van der Waals surface area contributed by atoms with Gasteiger partial charge in [-0.3, -0.25) is 9.80 Å². The van der Waals surface area contributed by atoms with Crippen LogP contribution in [0.1, 0.15) is 17.8 Å². The topological polar surface area (TPSA) is 47.5 Å². The molecule has 1 aliphatic heterocycles. The highest BCUT2D eigenvalue weighted by molar-refractivity contribution is 6.30. The molecule has 1 N–H and O–H groups in total. The van der Waals surface area contributed by atoms with Crippen LogP contribution in [0.3, 0.4) is 0 Å². The van der Waals surface area contributed by atoms with Crippen LogP contribution >= 0.6 is 11.6 Å². The molecular weight excluding hydrogens is 420 g/mol. The Morgan fingerprint density at radius 2 is 1.69 bits per heavy atom. The molecule has 1 aliphatic rings. The standard InChI is InChI=1S/C25H33ClN6/c1-30(2)12-6-11-27-25-22-9-3-4-10-23(22)28-24(29-25)19-32-15-13-31(14-16-32)18-20-7-5-8-21(26)17-20/h3-5,7-10,17H,6,11-16,18-19H2,1-2H3,(H,27,28,29). The molecule has 0 spiro atoms. The third kappa shape index (κ3) is 6.39. The quantitative estimate of drug-likeness (QED) is 0.496. The van der Waals surface area contributed by atoms with Gasteiger partial charge in [0, 0.05) is 49.7 Å². The van der Waals surface area contributed by atoms with Gasteiger partial charge in [-0.15, -0.1) is 0 Å². The summed E-state index contributed by atoms with van der Waals surface area (Å²) in [6.07, 6.45) is 1.08. The second kappa shape index (κ2) is 11.1. The van der Waals surface area contributed by atoms with E-state index in [9.17, 15) is 0 Å². The van der Waals surface area contributed by atoms with E-state index >= 15 is 0 Å². The zero-order chi connectivity index (χ0) is 22.3. The number of hydrogen-bond acceptors (Lipinski definition) is 6. The van der Waals surface area contributed by atoms with E-state index in [0.29, 0.717) is 0 Å². The molecule has 1 fully saturated rings. The summed E-state index contributed by atoms with van der Waals surface area (Å²) in [4.78, 5) is 16.9. The van der Waals surface area contributed by atoms with E-state index in [2.05, 4.69) is 64.4 Å². The second-order valence-corrected chi connectivity index (χ2v) is 9.21. The SMILES string of the molecule is CN(C)CCCNc1nc(CN2CCN(Cc3cccc(Cl)c3)CC2)nc2ccccc12. The van der Waals surface area contributed by atoms with E-state index in [4.69, 9.17) is 21.6 Å². The van der Waals surface area contributed by atoms with E-state index in [-0.39, 0.29) is 0 Å². The van der Waals surface area contributed by atoms with Crippen molar-refractivity contribution in [3.63, 3.8) is 0 Å². The van der Waals surface area contributed by atoms with E-state index in [0.717, 1.165) is 86.3 Å². The Balaban J connectivity index is 1.36. The van der Waals surface area contributed by atoms with Crippen molar-refractivity contribution < 1.29 is 0 Å². The van der Waals surface area contributed by atoms with Gasteiger partial charge >= 0.3 is 0 Å². The van der Waals surface area contributed by atoms with Gasteiger partial charge in [-0.25, -0.2) is 9.97 Å². The monoisotopic (exact) mass is 452 g/mol. The number of para-hydroxylation sites is 1. The molecule has 0 aliphatic carbocycles. The first kappa shape index (κ1) is 22.9. The first-order chi connectivity index (χ1) is 15.6. The first-order valence-electron chi connectivity index (χ1n) is 11.4. The highest BCUT2D eigenvalue weighted by Crippen LogP contribution is 2.21. The van der Waals surface area contributed by atoms with Crippen molar-refractivity contribution in [3.8, 4) is 0 Å². The normalized spacial score (nSPS) is 15.5. The van der Waals surface area contributed by atoms with Crippen molar-refractivity contribution in [2.24, 2.45) is 0 Å². The fourth-order valence-electron chi connectivity index (χ4n) is 4.13. The maximum absolute atomic E-state index is 6.14. The van der Waals surface area contributed by atoms with Gasteiger partial charge in [0.05, 0.1) is 12.1 Å². The lowest BCUT2D eigenvalue weighted by Crippen LogP contribution is -2.45. The molecule has 4 rings (SSSR count). The molecule has 0 bridgehead atoms. The Kier molecular flexibility index (Phi) is 7.92. The number of nitrogens with zero attached hydrogens (tertiary/aromatic N) is 5. The van der Waals surface area contributed by atoms with Crippen LogP contribution in [0.15, 0.2) is 48.5 Å². The van der Waals surface area contributed by atoms with Gasteiger partial charge < -0.3 is 10.2 Å². The first-order valence-corrected chi connectivity index (χ1v) is 11.8. The zero-order valence-electron chi connectivity index (χ0n) is 19.1. The Labute approximate surface area is 196 Å². The molecule has 2 heterocycles. The Morgan fingerprint density at radius 1 is 0.938 bits per heavy atom. The summed E-state index contributed by atoms with van der Waals surface area (Å²) in [5.41, 5.74) is 2.28. The number of fused-ring (bicyclic) bond motifs is 1. The van der Waals surface area contributed by atoms with Crippen LogP contribution < -0.4 is 5.32 Å². The smallest absolute Gasteiger partial charge is 0.145 e. The number of halogens is 1. The van der Waals surface area contributed by atoms with Crippen molar-refractivity contribution in [1.29, 1.82) is 0 Å². The van der Waals surface area contributed by atoms with Gasteiger partial charge in [0.15, 0.2) is 0 Å². The number of benzene rings is 2. The fraction of sp³-hybridized carbons (Fsp3) is 0.440. The molecule has 3 aromatic rings. The van der Waals surface area contributed by atoms with Crippen LogP contribution in [-0.2, 0) is 13.1 Å². The molecule has 7 heteroatoms. The largest absolute Gasteiger partial charge is 0.369 e. The second-order valence-electron chi connectivity index (χ2n) is 8.77. The van der Waals surface area contributed by atoms with Crippen molar-refractivity contribution in [2.75, 3.05) is 58.7 Å². The lowest BCUT2D eigenvalue weighted by atomic mass is 10.2. The molecule has 0 amide bonds. The Hall–Kier alpha value is -2.25. The lowest BCUT2D eigenvalue weighted by molar-refractivity contribution is 0.120. The number of hydrogen-bond donors (Lipinski definition) is 1. The fourth-order valence-corrected chi connectivity index (χ4v) is 4.34. The summed E-state index contributed by atoms with van der Waals surface area (Å²) >= 11 is 6.14. The van der Waals surface area contributed by atoms with Gasteiger partial charge in [0.25, 0.3) is 0 Å². The molecule has 2 aromatic carbocycles. The third-order valence-electron chi connectivity index (χ3n) is 5.85. The molecule has 170 valence electrons. The van der Waals surface area contributed by atoms with Crippen molar-refractivity contribution in [2.45, 2.75) is 19.5 Å². The van der Waals surface area contributed by atoms with E-state index in [1.807, 2.05) is 18.2 Å². The summed E-state index contributed by atoms with van der Waals surface area (Å²) in [5, 5.41) is 5.44. The predicted octanol–water partition coefficient (Wildman–Crippen LogP) is 3.96. The summed E-state index contributed by atoms with van der Waals surface area (Å²) in [5.74, 6) is 1.84. The highest BCUT2D eigenvalue weighted by Gasteiger charge is 2.19. The van der Waals surface area contributed by atoms with Crippen LogP contribution in [0.2, 0.25) is 5.02 Å². The van der Waals surface area contributed by atoms with Gasteiger partial charge in [0.2, 0.25) is 0 Å². The Bertz CT molecular complexity index is 1020. The number of anilines is 1. The van der Waals surface area contributed by atoms with E-state index in [1.165, 1.54) is 5.56 Å². The average molecular weight is 453 g/mol. The van der Waals surface area contributed by atoms with Crippen molar-refractivity contribution in [3.05, 3.63) is 64.9 Å². The number of aromatic nitrogens is 2. The molecule has 1 aromatic heterocycles. The molecule has 6 nitrogen and oxygen atoms in total. The minimum Gasteiger partial charge on any atom is -0.369 e. The third-order valence-corrected chi connectivity index (χ3v) is 6.08. The van der Waals surface area contributed by atoms with Gasteiger partial charge in [0.1, 0.15) is 11.6 Å². The molecule has 0 saturated carbocycles. The van der Waals surface area contributed by atoms with Crippen molar-refractivity contribution >= 4 is 28.3 Å². The Morgan fingerprint density at radius 3 is 2.44 bits per heavy atom. The molecule has 0 radical (unpaired) electrons. The van der Waals surface area contributed by atoms with Gasteiger partial charge in [-0.2, -0.15) is 0 Å². The van der Waals surface area contributed by atoms with Crippen LogP contribution in [-0.4, -0.2) is 78.0 Å². The maximum atomic E-state index is 6.14. The van der Waals surface area contributed by atoms with Crippen LogP contribution in [0, 0.1) is 0 Å². The number of rotatable bonds is 9. The average Bonchev–Trinajstić information content (AvgIpc) is 2.78. The van der Waals surface area contributed by atoms with E-state index in [1.54, 1.807) is 0 Å². The predicted molar refractivity (Wildman–Crippen MR) is 133 cm³/mol. The number of nitrogens with one attached hydrogen (secondary N) is 1. The molecule has 0 unspecified atom stereocenters. The summed E-state index contributed by atoms with van der Waals surface area (Å²) in [6, 6.07) is 16.4. The molecule has 1 saturated heterocycles. The highest BCUT2D eigenvalue weighted by atomic mass is 35.5. The van der Waals surface area contributed by atoms with Gasteiger partial charge in [-0.05, 0) is 56.9 Å².